The highest BCUT2D eigenvalue weighted by atomic mass is 127. The van der Waals surface area contributed by atoms with Gasteiger partial charge in [-0.05, 0) is 31.9 Å². The normalized spacial score (nSPS) is 11.1. The van der Waals surface area contributed by atoms with E-state index in [0.29, 0.717) is 26.3 Å². The van der Waals surface area contributed by atoms with Crippen molar-refractivity contribution in [3.05, 3.63) is 46.8 Å². The van der Waals surface area contributed by atoms with E-state index in [9.17, 15) is 0 Å². The van der Waals surface area contributed by atoms with Crippen LogP contribution in [0.3, 0.4) is 0 Å². The maximum Gasteiger partial charge on any atom is 0.191 e. The third kappa shape index (κ3) is 9.03. The molecule has 0 saturated heterocycles. The van der Waals surface area contributed by atoms with Gasteiger partial charge in [0.1, 0.15) is 5.75 Å². The minimum atomic E-state index is 0. The van der Waals surface area contributed by atoms with Crippen molar-refractivity contribution >= 4 is 29.9 Å². The van der Waals surface area contributed by atoms with Crippen molar-refractivity contribution in [2.45, 2.75) is 46.7 Å². The Morgan fingerprint density at radius 2 is 2.00 bits per heavy atom. The number of methoxy groups -OCH3 is 1. The Morgan fingerprint density at radius 3 is 2.69 bits per heavy atom. The first-order chi connectivity index (χ1) is 13.7. The topological polar surface area (TPSA) is 80.9 Å². The largest absolute Gasteiger partial charge is 0.493 e. The molecule has 1 heterocycles. The molecule has 0 saturated carbocycles. The van der Waals surface area contributed by atoms with Crippen LogP contribution < -0.4 is 15.4 Å². The van der Waals surface area contributed by atoms with E-state index in [4.69, 9.17) is 14.0 Å². The van der Waals surface area contributed by atoms with Gasteiger partial charge in [0.25, 0.3) is 0 Å². The van der Waals surface area contributed by atoms with E-state index < -0.39 is 0 Å². The van der Waals surface area contributed by atoms with E-state index in [-0.39, 0.29) is 24.0 Å². The summed E-state index contributed by atoms with van der Waals surface area (Å²) in [5.74, 6) is 2.39. The van der Waals surface area contributed by atoms with Gasteiger partial charge in [-0.25, -0.2) is 4.99 Å². The van der Waals surface area contributed by atoms with Crippen LogP contribution in [0.15, 0.2) is 33.8 Å². The van der Waals surface area contributed by atoms with E-state index >= 15 is 0 Å². The molecule has 0 aliphatic heterocycles. The smallest absolute Gasteiger partial charge is 0.191 e. The van der Waals surface area contributed by atoms with Gasteiger partial charge in [0.2, 0.25) is 0 Å². The van der Waals surface area contributed by atoms with Crippen LogP contribution in [0.1, 0.15) is 42.8 Å². The predicted octanol–water partition coefficient (Wildman–Crippen LogP) is 3.83. The van der Waals surface area contributed by atoms with E-state index in [1.165, 1.54) is 0 Å². The molecule has 0 aliphatic rings. The highest BCUT2D eigenvalue weighted by molar-refractivity contribution is 14.0. The summed E-state index contributed by atoms with van der Waals surface area (Å²) in [6.45, 7) is 9.29. The molecule has 2 rings (SSSR count). The Hall–Kier alpha value is -1.81. The number of halogens is 1. The fraction of sp³-hybridized carbons (Fsp3) is 0.524. The number of nitrogens with one attached hydrogen (secondary N) is 2. The number of hydrogen-bond acceptors (Lipinski definition) is 5. The summed E-state index contributed by atoms with van der Waals surface area (Å²) in [6, 6.07) is 8.16. The van der Waals surface area contributed by atoms with Crippen LogP contribution in [-0.4, -0.2) is 38.0 Å². The molecule has 0 spiro atoms. The number of aryl methyl sites for hydroxylation is 2. The molecule has 7 nitrogen and oxygen atoms in total. The van der Waals surface area contributed by atoms with Crippen molar-refractivity contribution in [3.63, 3.8) is 0 Å². The van der Waals surface area contributed by atoms with Gasteiger partial charge in [-0.15, -0.1) is 24.0 Å². The zero-order valence-corrected chi connectivity index (χ0v) is 20.1. The molecule has 0 bridgehead atoms. The molecular weight excluding hydrogens is 483 g/mol. The standard InChI is InChI=1S/C21H32N4O3.HI/c1-5-18-13-19(28-25-18)15-24-21(22-6-2)23-14-17-9-8-16(3)12-20(17)27-11-7-10-26-4;/h8-9,12-13H,5-7,10-11,14-15H2,1-4H3,(H2,22,23,24);1H. The first kappa shape index (κ1) is 25.2. The molecular formula is C21H33IN4O3. The minimum Gasteiger partial charge on any atom is -0.493 e. The number of nitrogens with zero attached hydrogens (tertiary/aromatic N) is 2. The average Bonchev–Trinajstić information content (AvgIpc) is 3.16. The number of aromatic nitrogens is 1. The molecule has 1 aromatic heterocycles. The fourth-order valence-electron chi connectivity index (χ4n) is 2.59. The van der Waals surface area contributed by atoms with Crippen molar-refractivity contribution in [3.8, 4) is 5.75 Å². The molecule has 1 aromatic carbocycles. The monoisotopic (exact) mass is 516 g/mol. The molecule has 8 heteroatoms. The van der Waals surface area contributed by atoms with Gasteiger partial charge in [0.15, 0.2) is 11.7 Å². The zero-order chi connectivity index (χ0) is 20.2. The van der Waals surface area contributed by atoms with Crippen LogP contribution >= 0.6 is 24.0 Å². The quantitative estimate of drug-likeness (QED) is 0.205. The van der Waals surface area contributed by atoms with Gasteiger partial charge in [0, 0.05) is 38.3 Å². The average molecular weight is 516 g/mol. The third-order valence-electron chi connectivity index (χ3n) is 4.12. The number of aliphatic imine (C=N–C) groups is 1. The second-order valence-corrected chi connectivity index (χ2v) is 6.49. The lowest BCUT2D eigenvalue weighted by Gasteiger charge is -2.13. The fourth-order valence-corrected chi connectivity index (χ4v) is 2.59. The lowest BCUT2D eigenvalue weighted by molar-refractivity contribution is 0.172. The van der Waals surface area contributed by atoms with Gasteiger partial charge in [-0.1, -0.05) is 24.2 Å². The molecule has 2 aromatic rings. The predicted molar refractivity (Wildman–Crippen MR) is 126 cm³/mol. The maximum atomic E-state index is 5.94. The summed E-state index contributed by atoms with van der Waals surface area (Å²) in [4.78, 5) is 4.69. The van der Waals surface area contributed by atoms with Gasteiger partial charge < -0.3 is 24.6 Å². The van der Waals surface area contributed by atoms with Crippen LogP contribution in [0.25, 0.3) is 0 Å². The first-order valence-corrected chi connectivity index (χ1v) is 9.84. The van der Waals surface area contributed by atoms with Crippen molar-refractivity contribution in [1.82, 2.24) is 15.8 Å². The van der Waals surface area contributed by atoms with Crippen LogP contribution in [0.4, 0.5) is 0 Å². The van der Waals surface area contributed by atoms with E-state index in [0.717, 1.165) is 53.7 Å². The van der Waals surface area contributed by atoms with Gasteiger partial charge >= 0.3 is 0 Å². The number of benzene rings is 1. The van der Waals surface area contributed by atoms with Crippen molar-refractivity contribution in [2.24, 2.45) is 4.99 Å². The third-order valence-corrected chi connectivity index (χ3v) is 4.12. The Labute approximate surface area is 190 Å². The number of rotatable bonds is 11. The molecule has 29 heavy (non-hydrogen) atoms. The zero-order valence-electron chi connectivity index (χ0n) is 17.8. The highest BCUT2D eigenvalue weighted by Crippen LogP contribution is 2.21. The minimum absolute atomic E-state index is 0. The molecule has 0 atom stereocenters. The summed E-state index contributed by atoms with van der Waals surface area (Å²) < 4.78 is 16.3. The van der Waals surface area contributed by atoms with Crippen molar-refractivity contribution in [2.75, 3.05) is 26.9 Å². The van der Waals surface area contributed by atoms with E-state index in [1.54, 1.807) is 7.11 Å². The number of hydrogen-bond donors (Lipinski definition) is 2. The maximum absolute atomic E-state index is 5.94. The second kappa shape index (κ2) is 14.2. The van der Waals surface area contributed by atoms with Crippen molar-refractivity contribution in [1.29, 1.82) is 0 Å². The molecule has 2 N–H and O–H groups in total. The molecule has 0 radical (unpaired) electrons. The van der Waals surface area contributed by atoms with Crippen molar-refractivity contribution < 1.29 is 14.0 Å². The van der Waals surface area contributed by atoms with Gasteiger partial charge in [0.05, 0.1) is 25.4 Å². The summed E-state index contributed by atoms with van der Waals surface area (Å²) >= 11 is 0. The molecule has 0 amide bonds. The molecule has 162 valence electrons. The van der Waals surface area contributed by atoms with Gasteiger partial charge in [-0.3, -0.25) is 0 Å². The highest BCUT2D eigenvalue weighted by Gasteiger charge is 2.07. The Balaban J connectivity index is 0.00000420. The Kier molecular flexibility index (Phi) is 12.4. The first-order valence-electron chi connectivity index (χ1n) is 9.84. The molecule has 0 fully saturated rings. The molecule has 0 aliphatic carbocycles. The van der Waals surface area contributed by atoms with E-state index in [2.05, 4.69) is 52.8 Å². The second-order valence-electron chi connectivity index (χ2n) is 6.49. The summed E-state index contributed by atoms with van der Waals surface area (Å²) in [6.07, 6.45) is 1.71. The van der Waals surface area contributed by atoms with Crippen LogP contribution in [-0.2, 0) is 24.2 Å². The summed E-state index contributed by atoms with van der Waals surface area (Å²) in [7, 11) is 1.70. The van der Waals surface area contributed by atoms with Crippen LogP contribution in [0, 0.1) is 6.92 Å². The van der Waals surface area contributed by atoms with Crippen LogP contribution in [0.5, 0.6) is 5.75 Å². The lowest BCUT2D eigenvalue weighted by atomic mass is 10.1. The lowest BCUT2D eigenvalue weighted by Crippen LogP contribution is -2.36. The van der Waals surface area contributed by atoms with E-state index in [1.807, 2.05) is 13.0 Å². The Morgan fingerprint density at radius 1 is 1.17 bits per heavy atom. The number of guanidine groups is 1. The molecule has 0 unspecified atom stereocenters. The summed E-state index contributed by atoms with van der Waals surface area (Å²) in [5, 5.41) is 10.6. The van der Waals surface area contributed by atoms with Gasteiger partial charge in [-0.2, -0.15) is 0 Å². The Bertz CT molecular complexity index is 749. The number of ether oxygens (including phenoxy) is 2. The van der Waals surface area contributed by atoms with Crippen LogP contribution in [0.2, 0.25) is 0 Å². The summed E-state index contributed by atoms with van der Waals surface area (Å²) in [5.41, 5.74) is 3.17. The SMILES string of the molecule is CCNC(=NCc1ccc(C)cc1OCCCOC)NCc1cc(CC)no1.I.